The maximum atomic E-state index is 13.3. The summed E-state index contributed by atoms with van der Waals surface area (Å²) in [6.07, 6.45) is 0. The molecule has 3 aromatic rings. The quantitative estimate of drug-likeness (QED) is 0.505. The summed E-state index contributed by atoms with van der Waals surface area (Å²) in [4.78, 5) is 6.53. The Morgan fingerprint density at radius 2 is 1.89 bits per heavy atom. The molecule has 0 fully saturated rings. The summed E-state index contributed by atoms with van der Waals surface area (Å²) in [6.45, 7) is 0. The molecule has 4 heteroatoms. The van der Waals surface area contributed by atoms with Gasteiger partial charge in [-0.15, -0.1) is 0 Å². The van der Waals surface area contributed by atoms with Crippen molar-refractivity contribution in [2.45, 2.75) is 9.79 Å². The summed E-state index contributed by atoms with van der Waals surface area (Å²) in [5.41, 5.74) is 1.86. The molecule has 0 unspecified atom stereocenters. The fourth-order valence-electron chi connectivity index (χ4n) is 2.19. The lowest BCUT2D eigenvalue weighted by molar-refractivity contribution is 0.624. The number of nitrogens with zero attached hydrogens (tertiary/aromatic N) is 1. The van der Waals surface area contributed by atoms with Gasteiger partial charge < -0.3 is 5.32 Å². The molecule has 0 amide bonds. The van der Waals surface area contributed by atoms with Crippen LogP contribution in [0.5, 0.6) is 0 Å². The molecule has 4 rings (SSSR count). The summed E-state index contributed by atoms with van der Waals surface area (Å²) in [5, 5.41) is 4.35. The number of fused-ring (bicyclic) bond motifs is 3. The SMILES string of the molecule is Fc1ccc2c(c1)Sc1cc3ccccc3nc1N2. The van der Waals surface area contributed by atoms with E-state index in [9.17, 15) is 4.39 Å². The first-order valence-electron chi connectivity index (χ1n) is 5.94. The number of hydrogen-bond acceptors (Lipinski definition) is 3. The van der Waals surface area contributed by atoms with E-state index in [0.29, 0.717) is 0 Å². The van der Waals surface area contributed by atoms with E-state index in [-0.39, 0.29) is 5.82 Å². The van der Waals surface area contributed by atoms with Crippen LogP contribution >= 0.6 is 11.8 Å². The zero-order valence-electron chi connectivity index (χ0n) is 9.85. The van der Waals surface area contributed by atoms with Crippen LogP contribution in [0, 0.1) is 5.82 Å². The highest BCUT2D eigenvalue weighted by molar-refractivity contribution is 7.99. The van der Waals surface area contributed by atoms with Gasteiger partial charge in [0.25, 0.3) is 0 Å². The maximum absolute atomic E-state index is 13.3. The van der Waals surface area contributed by atoms with Crippen molar-refractivity contribution in [2.75, 3.05) is 5.32 Å². The van der Waals surface area contributed by atoms with Crippen LogP contribution < -0.4 is 5.32 Å². The highest BCUT2D eigenvalue weighted by Gasteiger charge is 2.17. The van der Waals surface area contributed by atoms with E-state index in [0.717, 1.165) is 32.2 Å². The Balaban J connectivity index is 1.90. The summed E-state index contributed by atoms with van der Waals surface area (Å²) in [5.74, 6) is 0.619. The van der Waals surface area contributed by atoms with Crippen LogP contribution in [0.3, 0.4) is 0 Å². The van der Waals surface area contributed by atoms with Gasteiger partial charge in [-0.2, -0.15) is 0 Å². The smallest absolute Gasteiger partial charge is 0.145 e. The third kappa shape index (κ3) is 1.76. The van der Waals surface area contributed by atoms with Crippen molar-refractivity contribution in [1.82, 2.24) is 4.98 Å². The van der Waals surface area contributed by atoms with Gasteiger partial charge in [-0.25, -0.2) is 9.37 Å². The van der Waals surface area contributed by atoms with Gasteiger partial charge in [0.1, 0.15) is 11.6 Å². The predicted octanol–water partition coefficient (Wildman–Crippen LogP) is 4.58. The second-order valence-electron chi connectivity index (χ2n) is 4.40. The Bertz CT molecular complexity index is 801. The molecule has 1 aromatic heterocycles. The van der Waals surface area contributed by atoms with Crippen LogP contribution in [-0.2, 0) is 0 Å². The van der Waals surface area contributed by atoms with Gasteiger partial charge in [0.2, 0.25) is 0 Å². The molecule has 1 aliphatic heterocycles. The molecule has 2 heterocycles. The molecule has 92 valence electrons. The van der Waals surface area contributed by atoms with E-state index in [1.807, 2.05) is 24.3 Å². The second kappa shape index (κ2) is 3.96. The summed E-state index contributed by atoms with van der Waals surface area (Å²) >= 11 is 1.55. The Morgan fingerprint density at radius 3 is 2.84 bits per heavy atom. The normalized spacial score (nSPS) is 12.7. The van der Waals surface area contributed by atoms with E-state index in [2.05, 4.69) is 16.4 Å². The molecule has 1 aliphatic rings. The molecule has 2 aromatic carbocycles. The van der Waals surface area contributed by atoms with Crippen LogP contribution in [0.2, 0.25) is 0 Å². The fraction of sp³-hybridized carbons (Fsp3) is 0. The van der Waals surface area contributed by atoms with Crippen molar-refractivity contribution < 1.29 is 4.39 Å². The first kappa shape index (κ1) is 10.8. The van der Waals surface area contributed by atoms with Crippen LogP contribution in [0.4, 0.5) is 15.9 Å². The largest absolute Gasteiger partial charge is 0.338 e. The standard InChI is InChI=1S/C15H9FN2S/c16-10-5-6-12-13(8-10)19-14-7-9-3-1-2-4-11(9)17-15(14)18-12/h1-8H,(H,17,18). The number of hydrogen-bond donors (Lipinski definition) is 1. The van der Waals surface area contributed by atoms with E-state index >= 15 is 0 Å². The second-order valence-corrected chi connectivity index (χ2v) is 5.48. The Morgan fingerprint density at radius 1 is 1.00 bits per heavy atom. The van der Waals surface area contributed by atoms with Gasteiger partial charge >= 0.3 is 0 Å². The number of nitrogens with one attached hydrogen (secondary N) is 1. The Hall–Kier alpha value is -2.07. The minimum Gasteiger partial charge on any atom is -0.338 e. The Labute approximate surface area is 113 Å². The lowest BCUT2D eigenvalue weighted by atomic mass is 10.2. The van der Waals surface area contributed by atoms with Crippen molar-refractivity contribution in [3.05, 3.63) is 54.3 Å². The third-order valence-electron chi connectivity index (χ3n) is 3.11. The third-order valence-corrected chi connectivity index (χ3v) is 4.19. The van der Waals surface area contributed by atoms with Crippen molar-refractivity contribution in [3.8, 4) is 0 Å². The lowest BCUT2D eigenvalue weighted by Crippen LogP contribution is -2.02. The number of rotatable bonds is 0. The van der Waals surface area contributed by atoms with Gasteiger partial charge in [-0.3, -0.25) is 0 Å². The number of pyridine rings is 1. The molecular weight excluding hydrogens is 259 g/mol. The minimum absolute atomic E-state index is 0.217. The topological polar surface area (TPSA) is 24.9 Å². The average Bonchev–Trinajstić information content (AvgIpc) is 2.43. The maximum Gasteiger partial charge on any atom is 0.145 e. The summed E-state index contributed by atoms with van der Waals surface area (Å²) in [6, 6.07) is 14.8. The van der Waals surface area contributed by atoms with Gasteiger partial charge in [-0.1, -0.05) is 30.0 Å². The highest BCUT2D eigenvalue weighted by Crippen LogP contribution is 2.44. The monoisotopic (exact) mass is 268 g/mol. The number of halogens is 1. The van der Waals surface area contributed by atoms with Gasteiger partial charge in [0.05, 0.1) is 16.1 Å². The fourth-order valence-corrected chi connectivity index (χ4v) is 3.21. The van der Waals surface area contributed by atoms with Crippen molar-refractivity contribution in [1.29, 1.82) is 0 Å². The molecule has 0 atom stereocenters. The van der Waals surface area contributed by atoms with Crippen molar-refractivity contribution in [3.63, 3.8) is 0 Å². The molecule has 0 spiro atoms. The number of benzene rings is 2. The van der Waals surface area contributed by atoms with Gasteiger partial charge in [0, 0.05) is 10.3 Å². The van der Waals surface area contributed by atoms with E-state index in [1.54, 1.807) is 23.9 Å². The molecule has 19 heavy (non-hydrogen) atoms. The number of para-hydroxylation sites is 1. The molecular formula is C15H9FN2S. The van der Waals surface area contributed by atoms with Crippen LogP contribution in [-0.4, -0.2) is 4.98 Å². The summed E-state index contributed by atoms with van der Waals surface area (Å²) < 4.78 is 13.3. The van der Waals surface area contributed by atoms with E-state index in [4.69, 9.17) is 0 Å². The van der Waals surface area contributed by atoms with Gasteiger partial charge in [0.15, 0.2) is 0 Å². The first-order chi connectivity index (χ1) is 9.29. The zero-order chi connectivity index (χ0) is 12.8. The van der Waals surface area contributed by atoms with Gasteiger partial charge in [-0.05, 0) is 30.3 Å². The van der Waals surface area contributed by atoms with Crippen LogP contribution in [0.1, 0.15) is 0 Å². The number of anilines is 2. The molecule has 0 radical (unpaired) electrons. The lowest BCUT2D eigenvalue weighted by Gasteiger charge is -2.20. The molecule has 1 N–H and O–H groups in total. The van der Waals surface area contributed by atoms with E-state index < -0.39 is 0 Å². The van der Waals surface area contributed by atoms with E-state index in [1.165, 1.54) is 6.07 Å². The summed E-state index contributed by atoms with van der Waals surface area (Å²) in [7, 11) is 0. The number of aromatic nitrogens is 1. The molecule has 0 bridgehead atoms. The predicted molar refractivity (Wildman–Crippen MR) is 75.5 cm³/mol. The molecule has 0 saturated carbocycles. The molecule has 2 nitrogen and oxygen atoms in total. The Kier molecular flexibility index (Phi) is 2.26. The zero-order valence-corrected chi connectivity index (χ0v) is 10.7. The average molecular weight is 268 g/mol. The van der Waals surface area contributed by atoms with Crippen molar-refractivity contribution in [2.24, 2.45) is 0 Å². The van der Waals surface area contributed by atoms with Crippen LogP contribution in [0.15, 0.2) is 58.3 Å². The first-order valence-corrected chi connectivity index (χ1v) is 6.75. The van der Waals surface area contributed by atoms with Crippen molar-refractivity contribution >= 4 is 34.2 Å². The highest BCUT2D eigenvalue weighted by atomic mass is 32.2. The minimum atomic E-state index is -0.217. The van der Waals surface area contributed by atoms with Crippen LogP contribution in [0.25, 0.3) is 10.9 Å². The molecule has 0 saturated heterocycles. The molecule has 0 aliphatic carbocycles.